The van der Waals surface area contributed by atoms with Crippen LogP contribution in [0, 0.1) is 0 Å². The summed E-state index contributed by atoms with van der Waals surface area (Å²) in [6, 6.07) is 0. The first-order chi connectivity index (χ1) is 10.7. The van der Waals surface area contributed by atoms with E-state index in [1.807, 2.05) is 0 Å². The Morgan fingerprint density at radius 1 is 1.00 bits per heavy atom. The minimum atomic E-state index is -0.680. The predicted molar refractivity (Wildman–Crippen MR) is 87.6 cm³/mol. The number of carboxylic acids is 1. The van der Waals surface area contributed by atoms with Crippen molar-refractivity contribution in [3.63, 3.8) is 0 Å². The van der Waals surface area contributed by atoms with E-state index in [0.717, 1.165) is 32.1 Å². The summed E-state index contributed by atoms with van der Waals surface area (Å²) in [5.74, 6) is -0.680. The number of carbonyl (C=O) groups is 1. The van der Waals surface area contributed by atoms with Crippen molar-refractivity contribution in [3.05, 3.63) is 12.2 Å². The molecule has 1 rings (SSSR count). The van der Waals surface area contributed by atoms with Gasteiger partial charge in [0, 0.05) is 6.42 Å². The molecule has 0 bridgehead atoms. The number of allylic oxidation sites excluding steroid dienone is 1. The first-order valence-corrected chi connectivity index (χ1v) is 8.94. The molecule has 2 atom stereocenters. The molecule has 0 aliphatic carbocycles. The van der Waals surface area contributed by atoms with Gasteiger partial charge in [-0.05, 0) is 25.7 Å². The van der Waals surface area contributed by atoms with Crippen molar-refractivity contribution >= 4 is 5.97 Å². The molecule has 0 saturated carbocycles. The zero-order valence-electron chi connectivity index (χ0n) is 14.0. The normalized spacial score (nSPS) is 21.1. The van der Waals surface area contributed by atoms with Gasteiger partial charge in [0.25, 0.3) is 0 Å². The lowest BCUT2D eigenvalue weighted by Gasteiger charge is -2.32. The SMILES string of the molecule is CCCCCC1OOC1/C=C\CCCCCCCCC(=O)O. The topological polar surface area (TPSA) is 55.8 Å². The van der Waals surface area contributed by atoms with E-state index in [9.17, 15) is 4.79 Å². The van der Waals surface area contributed by atoms with Crippen LogP contribution in [0.1, 0.15) is 84.0 Å². The van der Waals surface area contributed by atoms with Gasteiger partial charge in [-0.3, -0.25) is 4.79 Å². The molecule has 0 aromatic heterocycles. The van der Waals surface area contributed by atoms with E-state index in [1.165, 1.54) is 38.5 Å². The molecule has 1 N–H and O–H groups in total. The van der Waals surface area contributed by atoms with Crippen LogP contribution in [0.15, 0.2) is 12.2 Å². The maximum atomic E-state index is 10.4. The highest BCUT2D eigenvalue weighted by molar-refractivity contribution is 5.66. The van der Waals surface area contributed by atoms with Crippen LogP contribution in [0.3, 0.4) is 0 Å². The molecule has 0 radical (unpaired) electrons. The molecule has 128 valence electrons. The van der Waals surface area contributed by atoms with Crippen LogP contribution in [0.2, 0.25) is 0 Å². The summed E-state index contributed by atoms with van der Waals surface area (Å²) >= 11 is 0. The molecule has 0 aromatic carbocycles. The third kappa shape index (κ3) is 9.21. The van der Waals surface area contributed by atoms with Gasteiger partial charge in [-0.2, -0.15) is 0 Å². The molecule has 1 saturated heterocycles. The molecule has 0 amide bonds. The van der Waals surface area contributed by atoms with Crippen LogP contribution < -0.4 is 0 Å². The summed E-state index contributed by atoms with van der Waals surface area (Å²) in [4.78, 5) is 20.6. The largest absolute Gasteiger partial charge is 0.481 e. The predicted octanol–water partition coefficient (Wildman–Crippen LogP) is 5.03. The third-order valence-electron chi connectivity index (χ3n) is 4.09. The fraction of sp³-hybridized carbons (Fsp3) is 0.833. The molecule has 2 unspecified atom stereocenters. The second-order valence-electron chi connectivity index (χ2n) is 6.17. The van der Waals surface area contributed by atoms with E-state index in [0.29, 0.717) is 6.42 Å². The fourth-order valence-electron chi connectivity index (χ4n) is 2.64. The number of hydrogen-bond donors (Lipinski definition) is 1. The molecular formula is C18H32O4. The summed E-state index contributed by atoms with van der Waals surface area (Å²) in [6.07, 6.45) is 17.6. The van der Waals surface area contributed by atoms with E-state index in [1.54, 1.807) is 0 Å². The lowest BCUT2D eigenvalue weighted by Crippen LogP contribution is -2.41. The second-order valence-corrected chi connectivity index (χ2v) is 6.17. The zero-order valence-corrected chi connectivity index (χ0v) is 14.0. The second kappa shape index (κ2) is 12.7. The van der Waals surface area contributed by atoms with Crippen LogP contribution >= 0.6 is 0 Å². The summed E-state index contributed by atoms with van der Waals surface area (Å²) in [5.41, 5.74) is 0. The minimum Gasteiger partial charge on any atom is -0.481 e. The van der Waals surface area contributed by atoms with E-state index >= 15 is 0 Å². The first kappa shape index (κ1) is 19.2. The Labute approximate surface area is 134 Å². The summed E-state index contributed by atoms with van der Waals surface area (Å²) in [6.45, 7) is 2.21. The number of carboxylic acid groups (broad SMARTS) is 1. The van der Waals surface area contributed by atoms with E-state index < -0.39 is 5.97 Å². The minimum absolute atomic E-state index is 0.160. The van der Waals surface area contributed by atoms with Crippen molar-refractivity contribution in [2.45, 2.75) is 96.2 Å². The molecule has 0 spiro atoms. The lowest BCUT2D eigenvalue weighted by molar-refractivity contribution is -0.452. The molecule has 1 aliphatic heterocycles. The van der Waals surface area contributed by atoms with Crippen LogP contribution in [-0.2, 0) is 14.6 Å². The van der Waals surface area contributed by atoms with Crippen molar-refractivity contribution in [2.24, 2.45) is 0 Å². The van der Waals surface area contributed by atoms with Crippen LogP contribution in [0.5, 0.6) is 0 Å². The van der Waals surface area contributed by atoms with Gasteiger partial charge < -0.3 is 5.11 Å². The molecule has 1 fully saturated rings. The molecule has 0 aromatic rings. The number of aliphatic carboxylic acids is 1. The van der Waals surface area contributed by atoms with Gasteiger partial charge in [0.1, 0.15) is 12.2 Å². The molecule has 1 heterocycles. The highest BCUT2D eigenvalue weighted by atomic mass is 17.2. The van der Waals surface area contributed by atoms with E-state index in [-0.39, 0.29) is 12.2 Å². The smallest absolute Gasteiger partial charge is 0.303 e. The number of unbranched alkanes of at least 4 members (excludes halogenated alkanes) is 8. The molecule has 1 aliphatic rings. The monoisotopic (exact) mass is 312 g/mol. The quantitative estimate of drug-likeness (QED) is 0.278. The molecule has 22 heavy (non-hydrogen) atoms. The summed E-state index contributed by atoms with van der Waals surface area (Å²) < 4.78 is 0. The molecular weight excluding hydrogens is 280 g/mol. The average Bonchev–Trinajstić information content (AvgIpc) is 2.47. The van der Waals surface area contributed by atoms with Crippen molar-refractivity contribution < 1.29 is 19.7 Å². The van der Waals surface area contributed by atoms with Gasteiger partial charge >= 0.3 is 5.97 Å². The maximum absolute atomic E-state index is 10.4. The standard InChI is InChI=1S/C18H32O4/c1-2-3-10-13-16-17(22-21-16)14-11-8-6-4-5-7-9-12-15-18(19)20/h11,14,16-17H,2-10,12-13,15H2,1H3,(H,19,20)/b14-11-. The van der Waals surface area contributed by atoms with Gasteiger partial charge in [-0.15, -0.1) is 0 Å². The lowest BCUT2D eigenvalue weighted by atomic mass is 10.0. The van der Waals surface area contributed by atoms with Gasteiger partial charge in [-0.25, -0.2) is 9.78 Å². The Morgan fingerprint density at radius 2 is 1.73 bits per heavy atom. The van der Waals surface area contributed by atoms with Crippen LogP contribution in [0.25, 0.3) is 0 Å². The van der Waals surface area contributed by atoms with Gasteiger partial charge in [0.15, 0.2) is 0 Å². The molecule has 4 nitrogen and oxygen atoms in total. The Morgan fingerprint density at radius 3 is 2.36 bits per heavy atom. The fourth-order valence-corrected chi connectivity index (χ4v) is 2.64. The number of hydrogen-bond acceptors (Lipinski definition) is 3. The first-order valence-electron chi connectivity index (χ1n) is 8.94. The van der Waals surface area contributed by atoms with Crippen LogP contribution in [0.4, 0.5) is 0 Å². The van der Waals surface area contributed by atoms with Crippen molar-refractivity contribution in [1.82, 2.24) is 0 Å². The maximum Gasteiger partial charge on any atom is 0.303 e. The van der Waals surface area contributed by atoms with E-state index in [4.69, 9.17) is 14.9 Å². The Kier molecular flexibility index (Phi) is 11.0. The summed E-state index contributed by atoms with van der Waals surface area (Å²) in [5, 5.41) is 8.54. The highest BCUT2D eigenvalue weighted by Gasteiger charge is 2.31. The van der Waals surface area contributed by atoms with Gasteiger partial charge in [-0.1, -0.05) is 64.0 Å². The van der Waals surface area contributed by atoms with Crippen LogP contribution in [-0.4, -0.2) is 23.3 Å². The Hall–Kier alpha value is -0.870. The summed E-state index contributed by atoms with van der Waals surface area (Å²) in [7, 11) is 0. The van der Waals surface area contributed by atoms with Crippen molar-refractivity contribution in [2.75, 3.05) is 0 Å². The highest BCUT2D eigenvalue weighted by Crippen LogP contribution is 2.24. The number of rotatable bonds is 14. The average molecular weight is 312 g/mol. The van der Waals surface area contributed by atoms with Gasteiger partial charge in [0.2, 0.25) is 0 Å². The van der Waals surface area contributed by atoms with Crippen molar-refractivity contribution in [3.8, 4) is 0 Å². The van der Waals surface area contributed by atoms with E-state index in [2.05, 4.69) is 19.1 Å². The third-order valence-corrected chi connectivity index (χ3v) is 4.09. The van der Waals surface area contributed by atoms with Crippen molar-refractivity contribution in [1.29, 1.82) is 0 Å². The molecule has 4 heteroatoms. The Bertz CT molecular complexity index is 314. The Balaban J connectivity index is 1.88. The zero-order chi connectivity index (χ0) is 16.0. The van der Waals surface area contributed by atoms with Gasteiger partial charge in [0.05, 0.1) is 0 Å².